The highest BCUT2D eigenvalue weighted by molar-refractivity contribution is 6.40. The van der Waals surface area contributed by atoms with E-state index in [1.807, 2.05) is 32.0 Å². The fourth-order valence-corrected chi connectivity index (χ4v) is 4.16. The van der Waals surface area contributed by atoms with E-state index in [1.54, 1.807) is 43.3 Å². The molecule has 1 aliphatic rings. The van der Waals surface area contributed by atoms with Crippen molar-refractivity contribution in [3.8, 4) is 11.5 Å². The number of aryl methyl sites for hydroxylation is 1. The zero-order chi connectivity index (χ0) is 28.3. The van der Waals surface area contributed by atoms with Gasteiger partial charge >= 0.3 is 6.03 Å². The number of anilines is 2. The normalized spacial score (nSPS) is 14.3. The summed E-state index contributed by atoms with van der Waals surface area (Å²) < 4.78 is 11.1. The van der Waals surface area contributed by atoms with Gasteiger partial charge in [-0.25, -0.2) is 9.69 Å². The van der Waals surface area contributed by atoms with Crippen LogP contribution in [0.25, 0.3) is 6.08 Å². The number of benzene rings is 3. The van der Waals surface area contributed by atoms with Crippen LogP contribution in [0.15, 0.2) is 60.2 Å². The average Bonchev–Trinajstić information content (AvgIpc) is 2.90. The Bertz CT molecular complexity index is 1530. The van der Waals surface area contributed by atoms with Gasteiger partial charge in [0.25, 0.3) is 17.7 Å². The molecule has 2 N–H and O–H groups in total. The van der Waals surface area contributed by atoms with E-state index in [9.17, 15) is 19.2 Å². The molecule has 0 aliphatic carbocycles. The summed E-state index contributed by atoms with van der Waals surface area (Å²) in [6, 6.07) is 14.3. The molecule has 0 bridgehead atoms. The number of carbonyl (C=O) groups is 4. The van der Waals surface area contributed by atoms with Crippen molar-refractivity contribution in [2.45, 2.75) is 20.8 Å². The number of nitrogens with one attached hydrogen (secondary N) is 2. The zero-order valence-corrected chi connectivity index (χ0v) is 22.5. The number of halogens is 1. The number of imide groups is 2. The number of hydrogen-bond donors (Lipinski definition) is 2. The summed E-state index contributed by atoms with van der Waals surface area (Å²) in [7, 11) is 1.43. The second-order valence-corrected chi connectivity index (χ2v) is 9.24. The molecular formula is C29H26ClN3O6. The molecule has 3 aromatic carbocycles. The van der Waals surface area contributed by atoms with Crippen LogP contribution >= 0.6 is 11.6 Å². The van der Waals surface area contributed by atoms with E-state index in [2.05, 4.69) is 10.6 Å². The Morgan fingerprint density at radius 1 is 1.00 bits per heavy atom. The van der Waals surface area contributed by atoms with Crippen LogP contribution < -0.4 is 25.0 Å². The maximum atomic E-state index is 13.2. The van der Waals surface area contributed by atoms with E-state index in [0.29, 0.717) is 27.6 Å². The molecule has 0 saturated carbocycles. The Labute approximate surface area is 230 Å². The summed E-state index contributed by atoms with van der Waals surface area (Å²) in [4.78, 5) is 51.7. The van der Waals surface area contributed by atoms with Gasteiger partial charge in [0.2, 0.25) is 0 Å². The standard InChI is InChI=1S/C29H26ClN3O6/c1-16-7-5-9-22(17(16)2)31-26(34)15-39-24-12-11-19(14-25(24)38-4)13-20-27(35)32-29(37)33(28(20)36)23-10-6-8-21(30)18(23)3/h5-14H,15H2,1-4H3,(H,31,34)(H,32,35,37)/b20-13-. The topological polar surface area (TPSA) is 114 Å². The second-order valence-electron chi connectivity index (χ2n) is 8.84. The number of hydrogen-bond acceptors (Lipinski definition) is 6. The van der Waals surface area contributed by atoms with Crippen LogP contribution in [-0.2, 0) is 14.4 Å². The lowest BCUT2D eigenvalue weighted by Crippen LogP contribution is -2.54. The van der Waals surface area contributed by atoms with Crippen molar-refractivity contribution < 1.29 is 28.7 Å². The summed E-state index contributed by atoms with van der Waals surface area (Å²) in [6.07, 6.45) is 1.34. The zero-order valence-electron chi connectivity index (χ0n) is 21.8. The van der Waals surface area contributed by atoms with Gasteiger partial charge in [0.1, 0.15) is 5.57 Å². The molecule has 200 valence electrons. The van der Waals surface area contributed by atoms with Gasteiger partial charge < -0.3 is 14.8 Å². The number of ether oxygens (including phenoxy) is 2. The Morgan fingerprint density at radius 2 is 1.74 bits per heavy atom. The monoisotopic (exact) mass is 547 g/mol. The van der Waals surface area contributed by atoms with E-state index in [0.717, 1.165) is 16.0 Å². The predicted molar refractivity (Wildman–Crippen MR) is 148 cm³/mol. The lowest BCUT2D eigenvalue weighted by atomic mass is 10.1. The summed E-state index contributed by atoms with van der Waals surface area (Å²) in [5.41, 5.74) is 3.69. The van der Waals surface area contributed by atoms with E-state index in [4.69, 9.17) is 21.1 Å². The molecule has 39 heavy (non-hydrogen) atoms. The third-order valence-corrected chi connectivity index (χ3v) is 6.73. The van der Waals surface area contributed by atoms with E-state index >= 15 is 0 Å². The van der Waals surface area contributed by atoms with Crippen molar-refractivity contribution >= 4 is 52.8 Å². The largest absolute Gasteiger partial charge is 0.493 e. The van der Waals surface area contributed by atoms with Gasteiger partial charge in [0, 0.05) is 10.7 Å². The van der Waals surface area contributed by atoms with Gasteiger partial charge in [-0.15, -0.1) is 0 Å². The van der Waals surface area contributed by atoms with Crippen molar-refractivity contribution in [3.63, 3.8) is 0 Å². The van der Waals surface area contributed by atoms with E-state index in [1.165, 1.54) is 13.2 Å². The molecule has 0 atom stereocenters. The minimum Gasteiger partial charge on any atom is -0.493 e. The van der Waals surface area contributed by atoms with Gasteiger partial charge in [-0.05, 0) is 79.4 Å². The third kappa shape index (κ3) is 5.78. The maximum Gasteiger partial charge on any atom is 0.335 e. The summed E-state index contributed by atoms with van der Waals surface area (Å²) in [5, 5.41) is 5.39. The predicted octanol–water partition coefficient (Wildman–Crippen LogP) is 4.96. The third-order valence-electron chi connectivity index (χ3n) is 6.32. The molecule has 10 heteroatoms. The number of amides is 5. The molecule has 5 amide bonds. The first-order chi connectivity index (χ1) is 18.6. The molecule has 1 fully saturated rings. The van der Waals surface area contributed by atoms with Crippen LogP contribution in [0.2, 0.25) is 5.02 Å². The Kier molecular flexibility index (Phi) is 8.01. The van der Waals surface area contributed by atoms with Gasteiger partial charge in [-0.1, -0.05) is 35.9 Å². The molecule has 1 aliphatic heterocycles. The smallest absolute Gasteiger partial charge is 0.335 e. The number of nitrogens with zero attached hydrogens (tertiary/aromatic N) is 1. The summed E-state index contributed by atoms with van der Waals surface area (Å²) in [5.74, 6) is -1.39. The molecular weight excluding hydrogens is 522 g/mol. The van der Waals surface area contributed by atoms with Crippen LogP contribution in [-0.4, -0.2) is 37.5 Å². The summed E-state index contributed by atoms with van der Waals surface area (Å²) >= 11 is 6.17. The van der Waals surface area contributed by atoms with E-state index in [-0.39, 0.29) is 29.5 Å². The number of rotatable bonds is 7. The molecule has 3 aromatic rings. The molecule has 0 spiro atoms. The highest BCUT2D eigenvalue weighted by Gasteiger charge is 2.37. The van der Waals surface area contributed by atoms with Crippen molar-refractivity contribution in [2.75, 3.05) is 23.9 Å². The first-order valence-corrected chi connectivity index (χ1v) is 12.3. The molecule has 1 saturated heterocycles. The van der Waals surface area contributed by atoms with Crippen LogP contribution in [0.4, 0.5) is 16.2 Å². The number of methoxy groups -OCH3 is 1. The fraction of sp³-hybridized carbons (Fsp3) is 0.172. The van der Waals surface area contributed by atoms with Gasteiger partial charge in [-0.2, -0.15) is 0 Å². The highest BCUT2D eigenvalue weighted by atomic mass is 35.5. The van der Waals surface area contributed by atoms with Crippen LogP contribution in [0.1, 0.15) is 22.3 Å². The van der Waals surface area contributed by atoms with Crippen molar-refractivity contribution in [3.05, 3.63) is 87.4 Å². The van der Waals surface area contributed by atoms with Crippen LogP contribution in [0, 0.1) is 20.8 Å². The highest BCUT2D eigenvalue weighted by Crippen LogP contribution is 2.32. The molecule has 1 heterocycles. The Hall–Kier alpha value is -4.63. The lowest BCUT2D eigenvalue weighted by Gasteiger charge is -2.27. The van der Waals surface area contributed by atoms with Gasteiger partial charge in [-0.3, -0.25) is 19.7 Å². The molecule has 0 radical (unpaired) electrons. The SMILES string of the molecule is COc1cc(/C=C2/C(=O)NC(=O)N(c3cccc(Cl)c3C)C2=O)ccc1OCC(=O)Nc1cccc(C)c1C. The van der Waals surface area contributed by atoms with Gasteiger partial charge in [0.05, 0.1) is 12.8 Å². The average molecular weight is 548 g/mol. The van der Waals surface area contributed by atoms with Crippen LogP contribution in [0.3, 0.4) is 0 Å². The molecule has 4 rings (SSSR count). The number of carbonyl (C=O) groups excluding carboxylic acids is 4. The number of barbiturate groups is 1. The van der Waals surface area contributed by atoms with Crippen molar-refractivity contribution in [1.29, 1.82) is 0 Å². The quantitative estimate of drug-likeness (QED) is 0.319. The summed E-state index contributed by atoms with van der Waals surface area (Å²) in [6.45, 7) is 5.29. The van der Waals surface area contributed by atoms with Crippen LogP contribution in [0.5, 0.6) is 11.5 Å². The Morgan fingerprint density at radius 3 is 2.49 bits per heavy atom. The molecule has 0 unspecified atom stereocenters. The molecule has 9 nitrogen and oxygen atoms in total. The first-order valence-electron chi connectivity index (χ1n) is 11.9. The lowest BCUT2D eigenvalue weighted by molar-refractivity contribution is -0.122. The molecule has 0 aromatic heterocycles. The number of urea groups is 1. The minimum absolute atomic E-state index is 0.252. The van der Waals surface area contributed by atoms with Crippen molar-refractivity contribution in [1.82, 2.24) is 5.32 Å². The minimum atomic E-state index is -0.868. The Balaban J connectivity index is 1.53. The van der Waals surface area contributed by atoms with E-state index < -0.39 is 17.8 Å². The maximum absolute atomic E-state index is 13.2. The van der Waals surface area contributed by atoms with Crippen molar-refractivity contribution in [2.24, 2.45) is 0 Å². The first kappa shape index (κ1) is 27.4. The fourth-order valence-electron chi connectivity index (χ4n) is 3.99. The van der Waals surface area contributed by atoms with Gasteiger partial charge in [0.15, 0.2) is 18.1 Å². The second kappa shape index (κ2) is 11.4.